The molecule has 0 aliphatic carbocycles. The van der Waals surface area contributed by atoms with Gasteiger partial charge in [0, 0.05) is 5.56 Å². The summed E-state index contributed by atoms with van der Waals surface area (Å²) >= 11 is 0. The third kappa shape index (κ3) is 3.36. The minimum absolute atomic E-state index is 0.0429. The largest absolute Gasteiger partial charge is 0.416 e. The summed E-state index contributed by atoms with van der Waals surface area (Å²) in [4.78, 5) is 3.70. The van der Waals surface area contributed by atoms with Crippen LogP contribution in [0.15, 0.2) is 30.6 Å². The van der Waals surface area contributed by atoms with Crippen LogP contribution in [-0.4, -0.2) is 14.8 Å². The maximum Gasteiger partial charge on any atom is 0.416 e. The van der Waals surface area contributed by atoms with Gasteiger partial charge in [-0.2, -0.15) is 18.4 Å². The zero-order chi connectivity index (χ0) is 14.6. The molecule has 0 radical (unpaired) electrons. The monoisotopic (exact) mass is 276 g/mol. The minimum Gasteiger partial charge on any atom is -0.240 e. The van der Waals surface area contributed by atoms with Crippen molar-refractivity contribution in [1.29, 1.82) is 5.26 Å². The number of nitrogens with zero attached hydrogens (tertiary/aromatic N) is 4. The molecule has 0 fully saturated rings. The van der Waals surface area contributed by atoms with Crippen LogP contribution in [0.2, 0.25) is 0 Å². The van der Waals surface area contributed by atoms with Gasteiger partial charge in [0.05, 0.1) is 5.56 Å². The van der Waals surface area contributed by atoms with Crippen LogP contribution in [0.5, 0.6) is 0 Å². The maximum absolute atomic E-state index is 12.3. The highest BCUT2D eigenvalue weighted by molar-refractivity contribution is 5.36. The molecule has 4 nitrogen and oxygen atoms in total. The van der Waals surface area contributed by atoms with Gasteiger partial charge in [-0.1, -0.05) is 11.8 Å². The number of aromatic nitrogens is 3. The van der Waals surface area contributed by atoms with E-state index in [-0.39, 0.29) is 12.4 Å². The zero-order valence-corrected chi connectivity index (χ0v) is 10.0. The van der Waals surface area contributed by atoms with Gasteiger partial charge in [0.1, 0.15) is 18.9 Å². The molecule has 1 aromatic heterocycles. The molecule has 0 aliphatic rings. The van der Waals surface area contributed by atoms with Crippen molar-refractivity contribution in [2.45, 2.75) is 12.7 Å². The molecule has 2 rings (SSSR count). The van der Waals surface area contributed by atoms with Crippen LogP contribution in [0.3, 0.4) is 0 Å². The predicted octanol–water partition coefficient (Wildman–Crippen LogP) is 2.22. The van der Waals surface area contributed by atoms with Crippen molar-refractivity contribution in [2.24, 2.45) is 0 Å². The second kappa shape index (κ2) is 5.45. The lowest BCUT2D eigenvalue weighted by atomic mass is 10.1. The first-order chi connectivity index (χ1) is 9.49. The summed E-state index contributed by atoms with van der Waals surface area (Å²) in [5, 5.41) is 12.3. The van der Waals surface area contributed by atoms with Gasteiger partial charge in [-0.05, 0) is 24.3 Å². The Morgan fingerprint density at radius 1 is 1.20 bits per heavy atom. The fourth-order valence-electron chi connectivity index (χ4n) is 1.39. The Kier molecular flexibility index (Phi) is 3.72. The number of halogens is 3. The Morgan fingerprint density at radius 2 is 1.90 bits per heavy atom. The van der Waals surface area contributed by atoms with Crippen molar-refractivity contribution in [2.75, 3.05) is 0 Å². The second-order valence-electron chi connectivity index (χ2n) is 3.75. The maximum atomic E-state index is 12.3. The molecule has 0 spiro atoms. The number of rotatable bonds is 1. The van der Waals surface area contributed by atoms with E-state index in [1.54, 1.807) is 6.07 Å². The molecule has 2 aromatic rings. The molecular weight excluding hydrogens is 269 g/mol. The van der Waals surface area contributed by atoms with Gasteiger partial charge >= 0.3 is 6.18 Å². The number of hydrogen-bond donors (Lipinski definition) is 0. The van der Waals surface area contributed by atoms with E-state index in [2.05, 4.69) is 21.9 Å². The molecule has 0 N–H and O–H groups in total. The fourth-order valence-corrected chi connectivity index (χ4v) is 1.39. The zero-order valence-electron chi connectivity index (χ0n) is 10.0. The summed E-state index contributed by atoms with van der Waals surface area (Å²) in [7, 11) is 0. The molecular formula is C13H7F3N4. The summed E-state index contributed by atoms with van der Waals surface area (Å²) < 4.78 is 38.4. The molecule has 0 saturated heterocycles. The first kappa shape index (κ1) is 13.6. The molecule has 0 amide bonds. The van der Waals surface area contributed by atoms with Crippen LogP contribution in [0, 0.1) is 23.2 Å². The van der Waals surface area contributed by atoms with Gasteiger partial charge in [-0.25, -0.2) is 9.67 Å². The molecule has 20 heavy (non-hydrogen) atoms. The predicted molar refractivity (Wildman–Crippen MR) is 63.1 cm³/mol. The first-order valence-corrected chi connectivity index (χ1v) is 5.45. The van der Waals surface area contributed by atoms with E-state index in [1.807, 2.05) is 0 Å². The molecule has 0 atom stereocenters. The quantitative estimate of drug-likeness (QED) is 0.750. The summed E-state index contributed by atoms with van der Waals surface area (Å²) in [6, 6.07) is 6.34. The number of hydrogen-bond acceptors (Lipinski definition) is 3. The standard InChI is InChI=1S/C13H7F3N4/c14-13(15,16)11-5-3-10(4-6-11)2-1-7-20-9-18-12(8-17)19-20/h3-6,9H,7H2. The van der Waals surface area contributed by atoms with Gasteiger partial charge in [-0.15, -0.1) is 5.10 Å². The van der Waals surface area contributed by atoms with Crippen molar-refractivity contribution in [3.05, 3.63) is 47.5 Å². The third-order valence-electron chi connectivity index (χ3n) is 2.32. The minimum atomic E-state index is -4.35. The van der Waals surface area contributed by atoms with Gasteiger partial charge in [-0.3, -0.25) is 0 Å². The van der Waals surface area contributed by atoms with Crippen LogP contribution < -0.4 is 0 Å². The molecule has 7 heteroatoms. The molecule has 0 saturated carbocycles. The van der Waals surface area contributed by atoms with Crippen molar-refractivity contribution >= 4 is 0 Å². The Morgan fingerprint density at radius 3 is 2.45 bits per heavy atom. The Bertz CT molecular complexity index is 696. The van der Waals surface area contributed by atoms with Crippen LogP contribution in [0.1, 0.15) is 17.0 Å². The van der Waals surface area contributed by atoms with Crippen LogP contribution in [0.4, 0.5) is 13.2 Å². The lowest BCUT2D eigenvalue weighted by Crippen LogP contribution is -2.04. The fraction of sp³-hybridized carbons (Fsp3) is 0.154. The van der Waals surface area contributed by atoms with Gasteiger partial charge in [0.25, 0.3) is 5.82 Å². The number of benzene rings is 1. The average molecular weight is 276 g/mol. The van der Waals surface area contributed by atoms with Gasteiger partial charge in [0.15, 0.2) is 0 Å². The number of alkyl halides is 3. The summed E-state index contributed by atoms with van der Waals surface area (Å²) in [6.45, 7) is 0.204. The van der Waals surface area contributed by atoms with Gasteiger partial charge < -0.3 is 0 Å². The van der Waals surface area contributed by atoms with Crippen LogP contribution >= 0.6 is 0 Å². The van der Waals surface area contributed by atoms with Crippen molar-refractivity contribution < 1.29 is 13.2 Å². The van der Waals surface area contributed by atoms with E-state index < -0.39 is 11.7 Å². The molecule has 1 heterocycles. The number of nitriles is 1. The highest BCUT2D eigenvalue weighted by Gasteiger charge is 2.29. The first-order valence-electron chi connectivity index (χ1n) is 5.45. The van der Waals surface area contributed by atoms with E-state index in [0.717, 1.165) is 12.1 Å². The molecule has 0 bridgehead atoms. The summed E-state index contributed by atoms with van der Waals surface area (Å²) in [6.07, 6.45) is -2.99. The Balaban J connectivity index is 2.04. The molecule has 100 valence electrons. The Hall–Kier alpha value is -2.80. The van der Waals surface area contributed by atoms with E-state index in [1.165, 1.54) is 23.1 Å². The second-order valence-corrected chi connectivity index (χ2v) is 3.75. The highest BCUT2D eigenvalue weighted by atomic mass is 19.4. The third-order valence-corrected chi connectivity index (χ3v) is 2.32. The lowest BCUT2D eigenvalue weighted by Gasteiger charge is -2.05. The molecule has 0 unspecified atom stereocenters. The smallest absolute Gasteiger partial charge is 0.240 e. The SMILES string of the molecule is N#Cc1ncn(CC#Cc2ccc(C(F)(F)F)cc2)n1. The highest BCUT2D eigenvalue weighted by Crippen LogP contribution is 2.28. The average Bonchev–Trinajstić information content (AvgIpc) is 2.86. The topological polar surface area (TPSA) is 54.5 Å². The Labute approximate surface area is 112 Å². The molecule has 0 aliphatic heterocycles. The van der Waals surface area contributed by atoms with Crippen molar-refractivity contribution in [1.82, 2.24) is 14.8 Å². The van der Waals surface area contributed by atoms with Crippen LogP contribution in [-0.2, 0) is 12.7 Å². The van der Waals surface area contributed by atoms with Crippen LogP contribution in [0.25, 0.3) is 0 Å². The summed E-state index contributed by atoms with van der Waals surface area (Å²) in [5.41, 5.74) is -0.239. The van der Waals surface area contributed by atoms with Gasteiger partial charge in [0.2, 0.25) is 0 Å². The van der Waals surface area contributed by atoms with E-state index in [4.69, 9.17) is 5.26 Å². The van der Waals surface area contributed by atoms with E-state index in [0.29, 0.717) is 5.56 Å². The van der Waals surface area contributed by atoms with Crippen molar-refractivity contribution in [3.8, 4) is 17.9 Å². The van der Waals surface area contributed by atoms with E-state index >= 15 is 0 Å². The van der Waals surface area contributed by atoms with Crippen molar-refractivity contribution in [3.63, 3.8) is 0 Å². The lowest BCUT2D eigenvalue weighted by molar-refractivity contribution is -0.137. The van der Waals surface area contributed by atoms with E-state index in [9.17, 15) is 13.2 Å². The summed E-state index contributed by atoms with van der Waals surface area (Å²) in [5.74, 6) is 5.49. The molecule has 1 aromatic carbocycles. The normalized spacial score (nSPS) is 10.5.